The van der Waals surface area contributed by atoms with Gasteiger partial charge in [0.15, 0.2) is 0 Å². The van der Waals surface area contributed by atoms with Gasteiger partial charge >= 0.3 is 5.97 Å². The molecule has 3 aromatic rings. The molecule has 0 radical (unpaired) electrons. The van der Waals surface area contributed by atoms with Crippen molar-refractivity contribution in [2.24, 2.45) is 0 Å². The number of pyridine rings is 1. The smallest absolute Gasteiger partial charge is 0.307 e. The summed E-state index contributed by atoms with van der Waals surface area (Å²) in [6.07, 6.45) is 1.48. The van der Waals surface area contributed by atoms with Crippen molar-refractivity contribution in [2.45, 2.75) is 20.0 Å². The quantitative estimate of drug-likeness (QED) is 0.485. The molecule has 0 saturated carbocycles. The number of rotatable bonds is 5. The summed E-state index contributed by atoms with van der Waals surface area (Å²) >= 11 is 0. The Labute approximate surface area is 165 Å². The topological polar surface area (TPSA) is 98.0 Å². The molecule has 0 aliphatic carbocycles. The first-order valence-corrected chi connectivity index (χ1v) is 9.04. The second-order valence-electron chi connectivity index (χ2n) is 6.69. The summed E-state index contributed by atoms with van der Waals surface area (Å²) in [5.41, 5.74) is 2.05. The Morgan fingerprint density at radius 3 is 2.41 bits per heavy atom. The highest BCUT2D eigenvalue weighted by molar-refractivity contribution is 6.21. The van der Waals surface area contributed by atoms with Gasteiger partial charge in [0.25, 0.3) is 17.4 Å². The Morgan fingerprint density at radius 1 is 1.03 bits per heavy atom. The third-order valence-corrected chi connectivity index (χ3v) is 4.74. The molecule has 2 aromatic heterocycles. The highest BCUT2D eigenvalue weighted by Gasteiger charge is 2.35. The second-order valence-corrected chi connectivity index (χ2v) is 6.69. The largest absolute Gasteiger partial charge is 0.459 e. The van der Waals surface area contributed by atoms with Gasteiger partial charge in [-0.05, 0) is 30.7 Å². The van der Waals surface area contributed by atoms with E-state index < -0.39 is 17.8 Å². The number of nitrogens with zero attached hydrogens (tertiary/aromatic N) is 3. The number of esters is 1. The third kappa shape index (κ3) is 3.40. The van der Waals surface area contributed by atoms with Crippen LogP contribution < -0.4 is 5.56 Å². The van der Waals surface area contributed by atoms with Crippen LogP contribution in [0.25, 0.3) is 5.65 Å². The molecule has 29 heavy (non-hydrogen) atoms. The fourth-order valence-electron chi connectivity index (χ4n) is 3.25. The number of hydrogen-bond donors (Lipinski definition) is 0. The normalized spacial score (nSPS) is 13.1. The minimum absolute atomic E-state index is 0.0713. The average Bonchev–Trinajstić information content (AvgIpc) is 2.96. The van der Waals surface area contributed by atoms with Crippen molar-refractivity contribution < 1.29 is 19.1 Å². The van der Waals surface area contributed by atoms with Gasteiger partial charge in [-0.2, -0.15) is 0 Å². The van der Waals surface area contributed by atoms with Crippen LogP contribution in [0.15, 0.2) is 53.5 Å². The molecule has 0 fully saturated rings. The molecule has 8 nitrogen and oxygen atoms in total. The monoisotopic (exact) mass is 391 g/mol. The van der Waals surface area contributed by atoms with Crippen LogP contribution in [0.1, 0.15) is 38.4 Å². The van der Waals surface area contributed by atoms with Gasteiger partial charge in [-0.25, -0.2) is 4.98 Å². The van der Waals surface area contributed by atoms with Crippen molar-refractivity contribution in [3.05, 3.63) is 81.4 Å². The van der Waals surface area contributed by atoms with Crippen molar-refractivity contribution in [1.29, 1.82) is 0 Å². The van der Waals surface area contributed by atoms with Gasteiger partial charge in [-0.1, -0.05) is 18.2 Å². The molecule has 0 spiro atoms. The van der Waals surface area contributed by atoms with Crippen LogP contribution >= 0.6 is 0 Å². The lowest BCUT2D eigenvalue weighted by atomic mass is 10.1. The fourth-order valence-corrected chi connectivity index (χ4v) is 3.25. The van der Waals surface area contributed by atoms with E-state index in [-0.39, 0.29) is 25.1 Å². The maximum absolute atomic E-state index is 12.3. The number of amides is 2. The van der Waals surface area contributed by atoms with Gasteiger partial charge in [0.2, 0.25) is 0 Å². The molecule has 1 aliphatic heterocycles. The summed E-state index contributed by atoms with van der Waals surface area (Å²) in [5.74, 6) is -1.43. The van der Waals surface area contributed by atoms with Crippen LogP contribution in [-0.4, -0.2) is 38.6 Å². The summed E-state index contributed by atoms with van der Waals surface area (Å²) in [6, 6.07) is 11.4. The van der Waals surface area contributed by atoms with Crippen LogP contribution in [0.4, 0.5) is 0 Å². The lowest BCUT2D eigenvalue weighted by molar-refractivity contribution is -0.145. The minimum Gasteiger partial charge on any atom is -0.459 e. The number of hydrogen-bond acceptors (Lipinski definition) is 6. The SMILES string of the molecule is Cc1cccn2c(=O)cc(COC(=O)CCN3C(=O)c4ccccc4C3=O)nc12. The predicted molar refractivity (Wildman–Crippen MR) is 102 cm³/mol. The number of imide groups is 1. The zero-order valence-corrected chi connectivity index (χ0v) is 15.6. The van der Waals surface area contributed by atoms with Gasteiger partial charge in [0.1, 0.15) is 12.3 Å². The standard InChI is InChI=1S/C21H17N3O5/c1-13-5-4-9-23-17(25)11-14(22-19(13)23)12-29-18(26)8-10-24-20(27)15-6-2-3-7-16(15)21(24)28/h2-7,9,11H,8,10,12H2,1H3. The van der Waals surface area contributed by atoms with E-state index in [1.807, 2.05) is 13.0 Å². The van der Waals surface area contributed by atoms with E-state index in [1.54, 1.807) is 36.5 Å². The maximum atomic E-state index is 12.3. The fraction of sp³-hybridized carbons (Fsp3) is 0.190. The second kappa shape index (κ2) is 7.31. The molecule has 0 bridgehead atoms. The molecular weight excluding hydrogens is 374 g/mol. The number of aromatic nitrogens is 2. The highest BCUT2D eigenvalue weighted by atomic mass is 16.5. The van der Waals surface area contributed by atoms with E-state index in [0.717, 1.165) is 10.5 Å². The number of carbonyl (C=O) groups is 3. The Kier molecular flexibility index (Phi) is 4.67. The molecule has 0 saturated heterocycles. The molecule has 8 heteroatoms. The first-order chi connectivity index (χ1) is 14.0. The van der Waals surface area contributed by atoms with Crippen LogP contribution in [0.3, 0.4) is 0 Å². The predicted octanol–water partition coefficient (Wildman–Crippen LogP) is 1.73. The van der Waals surface area contributed by atoms with Gasteiger partial charge in [-0.15, -0.1) is 0 Å². The Balaban J connectivity index is 1.39. The van der Waals surface area contributed by atoms with E-state index in [2.05, 4.69) is 4.98 Å². The molecule has 2 amide bonds. The molecule has 1 aromatic carbocycles. The maximum Gasteiger partial charge on any atom is 0.307 e. The van der Waals surface area contributed by atoms with Crippen molar-refractivity contribution in [1.82, 2.24) is 14.3 Å². The molecule has 0 N–H and O–H groups in total. The third-order valence-electron chi connectivity index (χ3n) is 4.74. The molecule has 4 rings (SSSR count). The first-order valence-electron chi connectivity index (χ1n) is 9.04. The Morgan fingerprint density at radius 2 is 1.72 bits per heavy atom. The summed E-state index contributed by atoms with van der Waals surface area (Å²) in [6.45, 7) is 1.60. The van der Waals surface area contributed by atoms with E-state index in [1.165, 1.54) is 10.5 Å². The van der Waals surface area contributed by atoms with Gasteiger partial charge in [0.05, 0.1) is 23.2 Å². The average molecular weight is 391 g/mol. The van der Waals surface area contributed by atoms with Crippen molar-refractivity contribution >= 4 is 23.4 Å². The van der Waals surface area contributed by atoms with Crippen LogP contribution in [0.5, 0.6) is 0 Å². The van der Waals surface area contributed by atoms with E-state index in [9.17, 15) is 19.2 Å². The minimum atomic E-state index is -0.590. The van der Waals surface area contributed by atoms with Crippen LogP contribution in [0, 0.1) is 6.92 Å². The molecule has 1 aliphatic rings. The van der Waals surface area contributed by atoms with Gasteiger partial charge in [0, 0.05) is 18.8 Å². The highest BCUT2D eigenvalue weighted by Crippen LogP contribution is 2.22. The first kappa shape index (κ1) is 18.5. The molecular formula is C21H17N3O5. The molecule has 146 valence electrons. The van der Waals surface area contributed by atoms with E-state index in [0.29, 0.717) is 22.5 Å². The number of aryl methyl sites for hydroxylation is 1. The van der Waals surface area contributed by atoms with Crippen molar-refractivity contribution in [3.63, 3.8) is 0 Å². The number of fused-ring (bicyclic) bond motifs is 2. The zero-order valence-electron chi connectivity index (χ0n) is 15.6. The van der Waals surface area contributed by atoms with Gasteiger partial charge in [-0.3, -0.25) is 28.5 Å². The summed E-state index contributed by atoms with van der Waals surface area (Å²) < 4.78 is 6.60. The lowest BCUT2D eigenvalue weighted by Crippen LogP contribution is -2.32. The zero-order chi connectivity index (χ0) is 20.5. The molecule has 3 heterocycles. The molecule has 0 unspecified atom stereocenters. The Hall–Kier alpha value is -3.81. The number of ether oxygens (including phenoxy) is 1. The Bertz CT molecular complexity index is 1180. The molecule has 0 atom stereocenters. The summed E-state index contributed by atoms with van der Waals surface area (Å²) in [7, 11) is 0. The van der Waals surface area contributed by atoms with Crippen LogP contribution in [0.2, 0.25) is 0 Å². The van der Waals surface area contributed by atoms with Crippen LogP contribution in [-0.2, 0) is 16.1 Å². The van der Waals surface area contributed by atoms with E-state index >= 15 is 0 Å². The van der Waals surface area contributed by atoms with E-state index in [4.69, 9.17) is 4.74 Å². The van der Waals surface area contributed by atoms with Crippen molar-refractivity contribution in [3.8, 4) is 0 Å². The lowest BCUT2D eigenvalue weighted by Gasteiger charge is -2.13. The number of carbonyl (C=O) groups excluding carboxylic acids is 3. The summed E-state index contributed by atoms with van der Waals surface area (Å²) in [4.78, 5) is 54.3. The number of benzene rings is 1. The van der Waals surface area contributed by atoms with Crippen molar-refractivity contribution in [2.75, 3.05) is 6.54 Å². The van der Waals surface area contributed by atoms with Gasteiger partial charge < -0.3 is 4.74 Å². The summed E-state index contributed by atoms with van der Waals surface area (Å²) in [5, 5.41) is 0.